The highest BCUT2D eigenvalue weighted by Gasteiger charge is 2.60. The molecule has 27 heavy (non-hydrogen) atoms. The molecule has 1 aromatic carbocycles. The number of halogens is 1. The van der Waals surface area contributed by atoms with Gasteiger partial charge in [0, 0.05) is 10.6 Å². The molecule has 0 unspecified atom stereocenters. The molecule has 6 nitrogen and oxygen atoms in total. The van der Waals surface area contributed by atoms with Gasteiger partial charge in [-0.25, -0.2) is 4.79 Å². The number of carbonyl (C=O) groups excluding carboxylic acids is 4. The maximum Gasteiger partial charge on any atom is 0.329 e. The highest BCUT2D eigenvalue weighted by atomic mass is 35.5. The molecule has 4 rings (SSSR count). The van der Waals surface area contributed by atoms with Crippen LogP contribution in [0.4, 0.5) is 0 Å². The average molecular weight is 388 g/mol. The molecule has 0 N–H and O–H groups in total. The Morgan fingerprint density at radius 3 is 2.22 bits per heavy atom. The van der Waals surface area contributed by atoms with E-state index in [1.165, 1.54) is 6.92 Å². The summed E-state index contributed by atoms with van der Waals surface area (Å²) >= 11 is 5.78. The molecule has 140 valence electrons. The third kappa shape index (κ3) is 2.88. The van der Waals surface area contributed by atoms with Crippen molar-refractivity contribution in [1.29, 1.82) is 0 Å². The van der Waals surface area contributed by atoms with E-state index < -0.39 is 18.6 Å². The lowest BCUT2D eigenvalue weighted by Crippen LogP contribution is -2.45. The van der Waals surface area contributed by atoms with Crippen molar-refractivity contribution in [2.75, 3.05) is 6.61 Å². The molecule has 2 fully saturated rings. The number of hydrogen-bond acceptors (Lipinski definition) is 5. The van der Waals surface area contributed by atoms with Crippen LogP contribution in [0.3, 0.4) is 0 Å². The van der Waals surface area contributed by atoms with Crippen molar-refractivity contribution in [1.82, 2.24) is 4.90 Å². The number of imide groups is 1. The van der Waals surface area contributed by atoms with Crippen molar-refractivity contribution >= 4 is 35.2 Å². The Kier molecular flexibility index (Phi) is 4.38. The monoisotopic (exact) mass is 387 g/mol. The Morgan fingerprint density at radius 1 is 1.11 bits per heavy atom. The summed E-state index contributed by atoms with van der Waals surface area (Å²) in [7, 11) is 0. The SMILES string of the molecule is C[C@@H](C(=O)OCC(=O)c1ccc(Cl)cc1)N1C(=O)[C@@H]2[C@H](C1=O)[C@H]1C=C[C@H]2C1. The Labute approximate surface area is 161 Å². The van der Waals surface area contributed by atoms with Gasteiger partial charge in [-0.15, -0.1) is 0 Å². The number of nitrogens with zero attached hydrogens (tertiary/aromatic N) is 1. The number of allylic oxidation sites excluding steroid dienone is 2. The number of ketones is 1. The Bertz CT molecular complexity index is 832. The molecule has 5 atom stereocenters. The van der Waals surface area contributed by atoms with E-state index in [-0.39, 0.29) is 41.3 Å². The second kappa shape index (κ2) is 6.60. The number of Topliss-reactive ketones (excluding diaryl/α,β-unsaturated/α-hetero) is 1. The molecule has 1 aromatic rings. The van der Waals surface area contributed by atoms with Crippen LogP contribution in [0.15, 0.2) is 36.4 Å². The van der Waals surface area contributed by atoms with E-state index in [1.807, 2.05) is 12.2 Å². The summed E-state index contributed by atoms with van der Waals surface area (Å²) in [6.07, 6.45) is 4.82. The Morgan fingerprint density at radius 2 is 1.67 bits per heavy atom. The number of amides is 2. The van der Waals surface area contributed by atoms with Gasteiger partial charge in [0.1, 0.15) is 6.04 Å². The minimum Gasteiger partial charge on any atom is -0.456 e. The van der Waals surface area contributed by atoms with Gasteiger partial charge in [0.2, 0.25) is 11.8 Å². The quantitative estimate of drug-likeness (QED) is 0.335. The van der Waals surface area contributed by atoms with E-state index in [0.717, 1.165) is 11.3 Å². The van der Waals surface area contributed by atoms with Crippen molar-refractivity contribution in [3.63, 3.8) is 0 Å². The van der Waals surface area contributed by atoms with Crippen LogP contribution in [0.5, 0.6) is 0 Å². The minimum atomic E-state index is -1.05. The molecule has 2 aliphatic carbocycles. The second-order valence-electron chi connectivity index (χ2n) is 7.26. The fourth-order valence-corrected chi connectivity index (χ4v) is 4.51. The second-order valence-corrected chi connectivity index (χ2v) is 7.70. The first-order valence-corrected chi connectivity index (χ1v) is 9.27. The van der Waals surface area contributed by atoms with Crippen LogP contribution in [-0.4, -0.2) is 41.1 Å². The Balaban J connectivity index is 1.39. The third-order valence-corrected chi connectivity index (χ3v) is 6.00. The van der Waals surface area contributed by atoms with Gasteiger partial charge in [-0.1, -0.05) is 23.8 Å². The molecule has 7 heteroatoms. The van der Waals surface area contributed by atoms with E-state index in [1.54, 1.807) is 24.3 Å². The van der Waals surface area contributed by atoms with E-state index >= 15 is 0 Å². The lowest BCUT2D eigenvalue weighted by Gasteiger charge is -2.23. The van der Waals surface area contributed by atoms with Crippen molar-refractivity contribution in [3.8, 4) is 0 Å². The van der Waals surface area contributed by atoms with Crippen LogP contribution >= 0.6 is 11.6 Å². The average Bonchev–Trinajstić information content (AvgIpc) is 3.33. The molecule has 1 aliphatic heterocycles. The fourth-order valence-electron chi connectivity index (χ4n) is 4.39. The molecule has 0 aromatic heterocycles. The summed E-state index contributed by atoms with van der Waals surface area (Å²) < 4.78 is 5.07. The smallest absolute Gasteiger partial charge is 0.329 e. The molecule has 0 radical (unpaired) electrons. The van der Waals surface area contributed by atoms with Gasteiger partial charge in [0.15, 0.2) is 12.4 Å². The molecular formula is C20H18ClNO5. The summed E-state index contributed by atoms with van der Waals surface area (Å²) in [4.78, 5) is 50.9. The first-order valence-electron chi connectivity index (χ1n) is 8.89. The lowest BCUT2D eigenvalue weighted by atomic mass is 9.85. The first-order chi connectivity index (χ1) is 12.9. The summed E-state index contributed by atoms with van der Waals surface area (Å²) in [5, 5.41) is 0.497. The lowest BCUT2D eigenvalue weighted by molar-refractivity contribution is -0.157. The molecule has 1 saturated heterocycles. The third-order valence-electron chi connectivity index (χ3n) is 5.74. The number of ether oxygens (including phenoxy) is 1. The molecule has 2 amide bonds. The molecule has 1 saturated carbocycles. The zero-order valence-electron chi connectivity index (χ0n) is 14.6. The van der Waals surface area contributed by atoms with E-state index in [4.69, 9.17) is 16.3 Å². The summed E-state index contributed by atoms with van der Waals surface area (Å²) in [6, 6.07) is 5.18. The van der Waals surface area contributed by atoms with Gasteiger partial charge in [-0.3, -0.25) is 19.3 Å². The standard InChI is InChI=1S/C20H18ClNO5/c1-10(20(26)27-9-15(23)11-4-6-14(21)7-5-11)22-18(24)16-12-2-3-13(8-12)17(16)19(22)25/h2-7,10,12-13,16-17H,8-9H2,1H3/t10-,12-,13-,16-,17+/m0/s1. The van der Waals surface area contributed by atoms with Crippen LogP contribution in [0, 0.1) is 23.7 Å². The molecular weight excluding hydrogens is 370 g/mol. The van der Waals surface area contributed by atoms with Crippen LogP contribution in [0.25, 0.3) is 0 Å². The van der Waals surface area contributed by atoms with Gasteiger partial charge in [-0.2, -0.15) is 0 Å². The van der Waals surface area contributed by atoms with Crippen molar-refractivity contribution in [3.05, 3.63) is 47.0 Å². The summed E-state index contributed by atoms with van der Waals surface area (Å²) in [5.74, 6) is -2.33. The zero-order chi connectivity index (χ0) is 19.3. The maximum absolute atomic E-state index is 12.7. The number of rotatable bonds is 5. The van der Waals surface area contributed by atoms with Crippen molar-refractivity contribution < 1.29 is 23.9 Å². The first kappa shape index (κ1) is 17.9. The summed E-state index contributed by atoms with van der Waals surface area (Å²) in [5.41, 5.74) is 0.366. The van der Waals surface area contributed by atoms with Gasteiger partial charge < -0.3 is 4.74 Å². The van der Waals surface area contributed by atoms with Crippen LogP contribution in [0.2, 0.25) is 5.02 Å². The van der Waals surface area contributed by atoms with Crippen LogP contribution < -0.4 is 0 Å². The number of carbonyl (C=O) groups is 4. The molecule has 3 aliphatic rings. The van der Waals surface area contributed by atoms with Crippen LogP contribution in [0.1, 0.15) is 23.7 Å². The Hall–Kier alpha value is -2.47. The highest BCUT2D eigenvalue weighted by Crippen LogP contribution is 2.52. The van der Waals surface area contributed by atoms with Gasteiger partial charge in [-0.05, 0) is 49.4 Å². The topological polar surface area (TPSA) is 80.8 Å². The van der Waals surface area contributed by atoms with E-state index in [2.05, 4.69) is 0 Å². The minimum absolute atomic E-state index is 0.0798. The largest absolute Gasteiger partial charge is 0.456 e. The number of esters is 1. The van der Waals surface area contributed by atoms with Crippen molar-refractivity contribution in [2.45, 2.75) is 19.4 Å². The maximum atomic E-state index is 12.7. The molecule has 2 bridgehead atoms. The van der Waals surface area contributed by atoms with Gasteiger partial charge >= 0.3 is 5.97 Å². The predicted octanol–water partition coefficient (Wildman–Crippen LogP) is 2.26. The van der Waals surface area contributed by atoms with Gasteiger partial charge in [0.05, 0.1) is 11.8 Å². The molecule has 1 heterocycles. The normalized spacial score (nSPS) is 29.2. The number of fused-ring (bicyclic) bond motifs is 5. The predicted molar refractivity (Wildman–Crippen MR) is 95.8 cm³/mol. The van der Waals surface area contributed by atoms with Crippen molar-refractivity contribution in [2.24, 2.45) is 23.7 Å². The number of benzene rings is 1. The zero-order valence-corrected chi connectivity index (χ0v) is 15.4. The van der Waals surface area contributed by atoms with Gasteiger partial charge in [0.25, 0.3) is 0 Å². The molecule has 0 spiro atoms. The summed E-state index contributed by atoms with van der Waals surface area (Å²) in [6.45, 7) is 1.00. The fraction of sp³-hybridized carbons (Fsp3) is 0.400. The van der Waals surface area contributed by atoms with E-state index in [0.29, 0.717) is 10.6 Å². The van der Waals surface area contributed by atoms with E-state index in [9.17, 15) is 19.2 Å². The highest BCUT2D eigenvalue weighted by molar-refractivity contribution is 6.30. The van der Waals surface area contributed by atoms with Crippen LogP contribution in [-0.2, 0) is 19.1 Å². The number of likely N-dealkylation sites (tertiary alicyclic amines) is 1. The number of hydrogen-bond donors (Lipinski definition) is 0.